The van der Waals surface area contributed by atoms with Gasteiger partial charge in [-0.25, -0.2) is 4.39 Å². The third-order valence-corrected chi connectivity index (χ3v) is 2.55. The molecule has 0 spiro atoms. The van der Waals surface area contributed by atoms with E-state index in [0.717, 1.165) is 0 Å². The number of carbonyl (C=O) groups is 1. The van der Waals surface area contributed by atoms with Crippen LogP contribution in [0.5, 0.6) is 0 Å². The number of rotatable bonds is 2. The zero-order valence-electron chi connectivity index (χ0n) is 9.68. The number of amides is 1. The van der Waals surface area contributed by atoms with Crippen LogP contribution in [0.25, 0.3) is 0 Å². The molecule has 2 rings (SSSR count). The summed E-state index contributed by atoms with van der Waals surface area (Å²) < 4.78 is 13.5. The molecule has 1 N–H and O–H groups in total. The van der Waals surface area contributed by atoms with Crippen molar-refractivity contribution in [1.29, 1.82) is 0 Å². The Kier molecular flexibility index (Phi) is 3.23. The molecule has 1 heterocycles. The van der Waals surface area contributed by atoms with E-state index in [-0.39, 0.29) is 11.2 Å². The van der Waals surface area contributed by atoms with Gasteiger partial charge in [-0.2, -0.15) is 0 Å². The molecule has 1 aromatic heterocycles. The summed E-state index contributed by atoms with van der Waals surface area (Å²) in [6.45, 7) is 0. The number of aromatic nitrogens is 1. The maximum Gasteiger partial charge on any atom is 0.259 e. The molecule has 0 saturated heterocycles. The van der Waals surface area contributed by atoms with Gasteiger partial charge in [0.15, 0.2) is 0 Å². The highest BCUT2D eigenvalue weighted by atomic mass is 19.1. The molecular formula is C13H11FN2O2. The number of nitrogens with one attached hydrogen (secondary N) is 1. The summed E-state index contributed by atoms with van der Waals surface area (Å²) in [5.74, 6) is -0.867. The van der Waals surface area contributed by atoms with Crippen LogP contribution in [0, 0.1) is 5.82 Å². The van der Waals surface area contributed by atoms with Gasteiger partial charge in [-0.1, -0.05) is 12.1 Å². The molecule has 0 aliphatic rings. The van der Waals surface area contributed by atoms with Gasteiger partial charge in [-0.3, -0.25) is 9.59 Å². The monoisotopic (exact) mass is 246 g/mol. The highest BCUT2D eigenvalue weighted by Gasteiger charge is 2.16. The molecule has 0 fully saturated rings. The summed E-state index contributed by atoms with van der Waals surface area (Å²) in [5.41, 5.74) is 0.189. The van der Waals surface area contributed by atoms with Crippen molar-refractivity contribution >= 4 is 11.6 Å². The van der Waals surface area contributed by atoms with Crippen LogP contribution in [0.2, 0.25) is 0 Å². The average molecular weight is 246 g/mol. The summed E-state index contributed by atoms with van der Waals surface area (Å²) in [6.07, 6.45) is 1.31. The number of H-pyrrole nitrogens is 1. The Hall–Kier alpha value is -2.43. The first-order valence-corrected chi connectivity index (χ1v) is 5.31. The first-order chi connectivity index (χ1) is 8.59. The van der Waals surface area contributed by atoms with Gasteiger partial charge in [0.05, 0.1) is 11.3 Å². The van der Waals surface area contributed by atoms with Gasteiger partial charge >= 0.3 is 0 Å². The van der Waals surface area contributed by atoms with Gasteiger partial charge in [0.2, 0.25) is 5.56 Å². The molecule has 1 amide bonds. The number of para-hydroxylation sites is 1. The normalized spacial score (nSPS) is 10.1. The Morgan fingerprint density at radius 1 is 1.22 bits per heavy atom. The summed E-state index contributed by atoms with van der Waals surface area (Å²) in [7, 11) is 1.48. The Morgan fingerprint density at radius 3 is 2.56 bits per heavy atom. The molecule has 4 nitrogen and oxygen atoms in total. The molecular weight excluding hydrogens is 235 g/mol. The minimum atomic E-state index is -0.474. The number of hydrogen-bond donors (Lipinski definition) is 1. The topological polar surface area (TPSA) is 53.2 Å². The fourth-order valence-electron chi connectivity index (χ4n) is 1.57. The second-order valence-electron chi connectivity index (χ2n) is 3.76. The Balaban J connectivity index is 2.32. The van der Waals surface area contributed by atoms with Crippen molar-refractivity contribution in [3.8, 4) is 0 Å². The first-order valence-electron chi connectivity index (χ1n) is 5.31. The molecule has 1 aromatic carbocycles. The van der Waals surface area contributed by atoms with Crippen molar-refractivity contribution in [2.24, 2.45) is 0 Å². The lowest BCUT2D eigenvalue weighted by Crippen LogP contribution is -2.27. The van der Waals surface area contributed by atoms with Gasteiger partial charge in [0, 0.05) is 19.3 Å². The fraction of sp³-hybridized carbons (Fsp3) is 0.0769. The van der Waals surface area contributed by atoms with Crippen molar-refractivity contribution in [2.75, 3.05) is 11.9 Å². The molecule has 0 saturated carbocycles. The van der Waals surface area contributed by atoms with Crippen molar-refractivity contribution < 1.29 is 9.18 Å². The van der Waals surface area contributed by atoms with Crippen LogP contribution in [-0.4, -0.2) is 17.9 Å². The van der Waals surface area contributed by atoms with Crippen LogP contribution in [-0.2, 0) is 0 Å². The predicted octanol–water partition coefficient (Wildman–Crippen LogP) is 1.79. The van der Waals surface area contributed by atoms with Crippen LogP contribution in [0.15, 0.2) is 47.4 Å². The zero-order chi connectivity index (χ0) is 13.1. The molecule has 0 atom stereocenters. The Labute approximate surface area is 103 Å². The van der Waals surface area contributed by atoms with Gasteiger partial charge < -0.3 is 9.88 Å². The maximum absolute atomic E-state index is 13.5. The molecule has 5 heteroatoms. The van der Waals surface area contributed by atoms with E-state index in [4.69, 9.17) is 0 Å². The standard InChI is InChI=1S/C13H11FN2O2/c1-16(11-5-3-2-4-10(11)14)13(18)9-6-7-12(17)15-8-9/h2-8H,1H3,(H,15,17). The number of anilines is 1. The molecule has 2 aromatic rings. The second kappa shape index (κ2) is 4.83. The van der Waals surface area contributed by atoms with Crippen molar-refractivity contribution in [2.45, 2.75) is 0 Å². The van der Waals surface area contributed by atoms with E-state index in [1.807, 2.05) is 0 Å². The van der Waals surface area contributed by atoms with E-state index in [2.05, 4.69) is 4.98 Å². The van der Waals surface area contributed by atoms with Crippen molar-refractivity contribution in [3.05, 3.63) is 64.3 Å². The zero-order valence-corrected chi connectivity index (χ0v) is 9.68. The number of nitrogens with zero attached hydrogens (tertiary/aromatic N) is 1. The molecule has 0 aliphatic heterocycles. The lowest BCUT2D eigenvalue weighted by molar-refractivity contribution is 0.0992. The second-order valence-corrected chi connectivity index (χ2v) is 3.76. The number of hydrogen-bond acceptors (Lipinski definition) is 2. The molecule has 0 bridgehead atoms. The van der Waals surface area contributed by atoms with Crippen molar-refractivity contribution in [3.63, 3.8) is 0 Å². The fourth-order valence-corrected chi connectivity index (χ4v) is 1.57. The number of carbonyl (C=O) groups excluding carboxylic acids is 1. The minimum Gasteiger partial charge on any atom is -0.328 e. The number of benzene rings is 1. The number of pyridine rings is 1. The van der Waals surface area contributed by atoms with Crippen LogP contribution in [0.4, 0.5) is 10.1 Å². The van der Waals surface area contributed by atoms with Crippen LogP contribution < -0.4 is 10.5 Å². The molecule has 18 heavy (non-hydrogen) atoms. The van der Waals surface area contributed by atoms with E-state index >= 15 is 0 Å². The highest BCUT2D eigenvalue weighted by Crippen LogP contribution is 2.18. The minimum absolute atomic E-state index is 0.189. The largest absolute Gasteiger partial charge is 0.328 e. The van der Waals surface area contributed by atoms with Crippen LogP contribution in [0.3, 0.4) is 0 Å². The lowest BCUT2D eigenvalue weighted by atomic mass is 10.2. The smallest absolute Gasteiger partial charge is 0.259 e. The van der Waals surface area contributed by atoms with Gasteiger partial charge in [-0.15, -0.1) is 0 Å². The number of aromatic amines is 1. The van der Waals surface area contributed by atoms with Gasteiger partial charge in [0.1, 0.15) is 5.82 Å². The summed E-state index contributed by atoms with van der Waals surface area (Å²) in [6, 6.07) is 8.65. The lowest BCUT2D eigenvalue weighted by Gasteiger charge is -2.17. The quantitative estimate of drug-likeness (QED) is 0.878. The van der Waals surface area contributed by atoms with Gasteiger partial charge in [-0.05, 0) is 18.2 Å². The molecule has 0 radical (unpaired) electrons. The van der Waals surface area contributed by atoms with E-state index in [1.165, 1.54) is 42.4 Å². The Bertz CT molecular complexity index is 616. The van der Waals surface area contributed by atoms with Crippen LogP contribution in [0.1, 0.15) is 10.4 Å². The van der Waals surface area contributed by atoms with E-state index in [9.17, 15) is 14.0 Å². The highest BCUT2D eigenvalue weighted by molar-refractivity contribution is 6.05. The molecule has 0 unspecified atom stereocenters. The predicted molar refractivity (Wildman–Crippen MR) is 66.2 cm³/mol. The summed E-state index contributed by atoms with van der Waals surface area (Å²) >= 11 is 0. The molecule has 92 valence electrons. The van der Waals surface area contributed by atoms with E-state index in [0.29, 0.717) is 5.56 Å². The maximum atomic E-state index is 13.5. The summed E-state index contributed by atoms with van der Waals surface area (Å²) in [5, 5.41) is 0. The third kappa shape index (κ3) is 2.29. The van der Waals surface area contributed by atoms with E-state index < -0.39 is 11.7 Å². The molecule has 0 aliphatic carbocycles. The van der Waals surface area contributed by atoms with Crippen LogP contribution >= 0.6 is 0 Å². The van der Waals surface area contributed by atoms with Crippen molar-refractivity contribution in [1.82, 2.24) is 4.98 Å². The first kappa shape index (κ1) is 12.0. The van der Waals surface area contributed by atoms with E-state index in [1.54, 1.807) is 12.1 Å². The third-order valence-electron chi connectivity index (χ3n) is 2.55. The Morgan fingerprint density at radius 2 is 1.94 bits per heavy atom. The summed E-state index contributed by atoms with van der Waals surface area (Å²) in [4.78, 5) is 26.5. The number of halogens is 1. The van der Waals surface area contributed by atoms with Gasteiger partial charge in [0.25, 0.3) is 5.91 Å². The average Bonchev–Trinajstić information content (AvgIpc) is 2.38. The SMILES string of the molecule is CN(C(=O)c1ccc(=O)[nH]c1)c1ccccc1F.